The maximum absolute atomic E-state index is 5.43. The molecule has 0 saturated heterocycles. The highest BCUT2D eigenvalue weighted by Crippen LogP contribution is 2.34. The van der Waals surface area contributed by atoms with E-state index in [4.69, 9.17) is 14.7 Å². The van der Waals surface area contributed by atoms with E-state index in [0.29, 0.717) is 12.5 Å². The van der Waals surface area contributed by atoms with E-state index in [-0.39, 0.29) is 6.04 Å². The molecule has 0 aromatic carbocycles. The minimum atomic E-state index is -0.0535. The van der Waals surface area contributed by atoms with Crippen molar-refractivity contribution in [3.05, 3.63) is 30.0 Å². The highest BCUT2D eigenvalue weighted by Gasteiger charge is 2.24. The summed E-state index contributed by atoms with van der Waals surface area (Å²) in [6, 6.07) is 1.94. The Kier molecular flexibility index (Phi) is 4.58. The van der Waals surface area contributed by atoms with Gasteiger partial charge in [0.15, 0.2) is 5.65 Å². The Morgan fingerprint density at radius 2 is 2.00 bits per heavy atom. The Bertz CT molecular complexity index is 894. The molecule has 0 amide bonds. The second-order valence-corrected chi connectivity index (χ2v) is 6.95. The molecule has 0 aliphatic heterocycles. The van der Waals surface area contributed by atoms with Crippen LogP contribution in [0.5, 0.6) is 0 Å². The SMILES string of the molecule is COC[C@@H](Nc1nc(C2CCCC2)nc2c1cnn2C)c1ccnn1C. The Morgan fingerprint density at radius 1 is 1.19 bits per heavy atom. The summed E-state index contributed by atoms with van der Waals surface area (Å²) in [7, 11) is 5.56. The van der Waals surface area contributed by atoms with Crippen molar-refractivity contribution in [2.45, 2.75) is 37.6 Å². The molecule has 1 saturated carbocycles. The van der Waals surface area contributed by atoms with Crippen molar-refractivity contribution in [2.75, 3.05) is 19.0 Å². The van der Waals surface area contributed by atoms with Crippen LogP contribution in [-0.4, -0.2) is 43.2 Å². The zero-order valence-electron chi connectivity index (χ0n) is 15.5. The number of aryl methyl sites for hydroxylation is 2. The standard InChI is InChI=1S/C18H25N7O/c1-24-15(8-9-19-24)14(11-26-3)21-17-13-10-20-25(2)18(13)23-16(22-17)12-6-4-5-7-12/h8-10,12,14H,4-7,11H2,1-3H3,(H,21,22,23)/t14-/m1/s1. The van der Waals surface area contributed by atoms with Crippen LogP contribution in [0.15, 0.2) is 18.5 Å². The zero-order valence-corrected chi connectivity index (χ0v) is 15.5. The summed E-state index contributed by atoms with van der Waals surface area (Å²) in [6.07, 6.45) is 8.44. The molecular weight excluding hydrogens is 330 g/mol. The summed E-state index contributed by atoms with van der Waals surface area (Å²) in [5.74, 6) is 2.17. The molecule has 1 atom stereocenters. The average Bonchev–Trinajstić information content (AvgIpc) is 3.36. The van der Waals surface area contributed by atoms with Crippen LogP contribution >= 0.6 is 0 Å². The maximum atomic E-state index is 5.43. The summed E-state index contributed by atoms with van der Waals surface area (Å²) in [4.78, 5) is 9.71. The van der Waals surface area contributed by atoms with E-state index in [1.807, 2.05) is 35.7 Å². The van der Waals surface area contributed by atoms with Gasteiger partial charge < -0.3 is 10.1 Å². The molecule has 0 spiro atoms. The molecule has 1 aliphatic carbocycles. The molecule has 138 valence electrons. The average molecular weight is 355 g/mol. The topological polar surface area (TPSA) is 82.7 Å². The summed E-state index contributed by atoms with van der Waals surface area (Å²) in [5.41, 5.74) is 1.91. The van der Waals surface area contributed by atoms with E-state index in [0.717, 1.165) is 41.2 Å². The van der Waals surface area contributed by atoms with Crippen LogP contribution in [0.4, 0.5) is 5.82 Å². The number of methoxy groups -OCH3 is 1. The predicted molar refractivity (Wildman–Crippen MR) is 99.0 cm³/mol. The highest BCUT2D eigenvalue weighted by molar-refractivity contribution is 5.86. The van der Waals surface area contributed by atoms with E-state index in [9.17, 15) is 0 Å². The second-order valence-electron chi connectivity index (χ2n) is 6.95. The van der Waals surface area contributed by atoms with Gasteiger partial charge in [0.25, 0.3) is 0 Å². The number of anilines is 1. The fourth-order valence-electron chi connectivity index (χ4n) is 3.77. The summed E-state index contributed by atoms with van der Waals surface area (Å²) >= 11 is 0. The van der Waals surface area contributed by atoms with E-state index in [1.54, 1.807) is 13.3 Å². The molecular formula is C18H25N7O. The number of fused-ring (bicyclic) bond motifs is 1. The second kappa shape index (κ2) is 7.03. The lowest BCUT2D eigenvalue weighted by Gasteiger charge is -2.20. The van der Waals surface area contributed by atoms with Gasteiger partial charge in [-0.05, 0) is 18.9 Å². The first-order chi connectivity index (χ1) is 12.7. The van der Waals surface area contributed by atoms with Crippen molar-refractivity contribution < 1.29 is 4.74 Å². The molecule has 0 bridgehead atoms. The van der Waals surface area contributed by atoms with Gasteiger partial charge in [-0.3, -0.25) is 9.36 Å². The first-order valence-corrected chi connectivity index (χ1v) is 9.10. The van der Waals surface area contributed by atoms with Crippen LogP contribution in [-0.2, 0) is 18.8 Å². The van der Waals surface area contributed by atoms with Crippen LogP contribution in [0.25, 0.3) is 11.0 Å². The van der Waals surface area contributed by atoms with E-state index in [2.05, 4.69) is 15.5 Å². The summed E-state index contributed by atoms with van der Waals surface area (Å²) in [6.45, 7) is 0.518. The molecule has 4 rings (SSSR count). The largest absolute Gasteiger partial charge is 0.382 e. The van der Waals surface area contributed by atoms with Gasteiger partial charge in [0.05, 0.1) is 29.9 Å². The minimum Gasteiger partial charge on any atom is -0.382 e. The van der Waals surface area contributed by atoms with Crippen molar-refractivity contribution in [1.82, 2.24) is 29.5 Å². The van der Waals surface area contributed by atoms with Gasteiger partial charge in [0, 0.05) is 33.3 Å². The fraction of sp³-hybridized carbons (Fsp3) is 0.556. The third-order valence-electron chi connectivity index (χ3n) is 5.19. The number of aromatic nitrogens is 6. The van der Waals surface area contributed by atoms with Gasteiger partial charge in [-0.15, -0.1) is 0 Å². The van der Waals surface area contributed by atoms with Gasteiger partial charge in [0.1, 0.15) is 11.6 Å². The number of hydrogen-bond donors (Lipinski definition) is 1. The van der Waals surface area contributed by atoms with Crippen LogP contribution in [0.2, 0.25) is 0 Å². The van der Waals surface area contributed by atoms with Crippen molar-refractivity contribution in [1.29, 1.82) is 0 Å². The Labute approximate surface area is 152 Å². The molecule has 26 heavy (non-hydrogen) atoms. The normalized spacial score (nSPS) is 16.4. The van der Waals surface area contributed by atoms with Crippen molar-refractivity contribution in [3.8, 4) is 0 Å². The molecule has 1 N–H and O–H groups in total. The van der Waals surface area contributed by atoms with Crippen LogP contribution in [0.3, 0.4) is 0 Å². The van der Waals surface area contributed by atoms with Gasteiger partial charge in [-0.1, -0.05) is 12.8 Å². The molecule has 1 fully saturated rings. The zero-order chi connectivity index (χ0) is 18.1. The lowest BCUT2D eigenvalue weighted by Crippen LogP contribution is -2.21. The Hall–Kier alpha value is -2.48. The predicted octanol–water partition coefficient (Wildman–Crippen LogP) is 2.55. The van der Waals surface area contributed by atoms with Crippen molar-refractivity contribution in [3.63, 3.8) is 0 Å². The molecule has 0 radical (unpaired) electrons. The highest BCUT2D eigenvalue weighted by atomic mass is 16.5. The van der Waals surface area contributed by atoms with Gasteiger partial charge >= 0.3 is 0 Å². The van der Waals surface area contributed by atoms with E-state index >= 15 is 0 Å². The molecule has 3 aromatic rings. The molecule has 1 aliphatic rings. The third-order valence-corrected chi connectivity index (χ3v) is 5.19. The van der Waals surface area contributed by atoms with Crippen LogP contribution in [0.1, 0.15) is 49.2 Å². The number of nitrogens with one attached hydrogen (secondary N) is 1. The summed E-state index contributed by atoms with van der Waals surface area (Å²) < 4.78 is 9.11. The molecule has 8 nitrogen and oxygen atoms in total. The number of nitrogens with zero attached hydrogens (tertiary/aromatic N) is 6. The molecule has 3 aromatic heterocycles. The minimum absolute atomic E-state index is 0.0535. The van der Waals surface area contributed by atoms with Gasteiger partial charge in [-0.25, -0.2) is 9.97 Å². The van der Waals surface area contributed by atoms with Crippen molar-refractivity contribution >= 4 is 16.9 Å². The van der Waals surface area contributed by atoms with E-state index in [1.165, 1.54) is 12.8 Å². The maximum Gasteiger partial charge on any atom is 0.163 e. The van der Waals surface area contributed by atoms with Crippen LogP contribution in [0, 0.1) is 0 Å². The number of hydrogen-bond acceptors (Lipinski definition) is 6. The van der Waals surface area contributed by atoms with Gasteiger partial charge in [-0.2, -0.15) is 10.2 Å². The lowest BCUT2D eigenvalue weighted by molar-refractivity contribution is 0.184. The van der Waals surface area contributed by atoms with Crippen molar-refractivity contribution in [2.24, 2.45) is 14.1 Å². The first-order valence-electron chi connectivity index (χ1n) is 9.10. The van der Waals surface area contributed by atoms with Crippen LogP contribution < -0.4 is 5.32 Å². The third kappa shape index (κ3) is 3.05. The first kappa shape index (κ1) is 17.0. The van der Waals surface area contributed by atoms with E-state index < -0.39 is 0 Å². The fourth-order valence-corrected chi connectivity index (χ4v) is 3.77. The Morgan fingerprint density at radius 3 is 2.69 bits per heavy atom. The smallest absolute Gasteiger partial charge is 0.163 e. The quantitative estimate of drug-likeness (QED) is 0.732. The molecule has 0 unspecified atom stereocenters. The molecule has 8 heteroatoms. The lowest BCUT2D eigenvalue weighted by atomic mass is 10.1. The number of rotatable bonds is 6. The van der Waals surface area contributed by atoms with Gasteiger partial charge in [0.2, 0.25) is 0 Å². The monoisotopic (exact) mass is 355 g/mol. The Balaban J connectivity index is 1.75. The number of ether oxygens (including phenoxy) is 1. The summed E-state index contributed by atoms with van der Waals surface area (Å²) in [5, 5.41) is 13.1. The molecule has 3 heterocycles.